The first-order valence-corrected chi connectivity index (χ1v) is 21.5. The minimum absolute atomic E-state index is 0.0667. The molecular weight excluding hydrogens is 733 g/mol. The number of fused-ring (bicyclic) bond motifs is 14. The third kappa shape index (κ3) is 5.06. The Morgan fingerprint density at radius 2 is 0.672 bits per heavy atom. The summed E-state index contributed by atoms with van der Waals surface area (Å²) < 4.78 is 0. The maximum absolute atomic E-state index is 2.48. The molecule has 1 aliphatic rings. The summed E-state index contributed by atoms with van der Waals surface area (Å²) in [4.78, 5) is 0. The van der Waals surface area contributed by atoms with E-state index in [0.29, 0.717) is 0 Å². The molecule has 0 amide bonds. The number of hydrogen-bond acceptors (Lipinski definition) is 0. The van der Waals surface area contributed by atoms with Crippen molar-refractivity contribution < 1.29 is 0 Å². The molecule has 1 aliphatic carbocycles. The lowest BCUT2D eigenvalue weighted by molar-refractivity contribution is 0.660. The van der Waals surface area contributed by atoms with Gasteiger partial charge in [0.25, 0.3) is 0 Å². The fourth-order valence-corrected chi connectivity index (χ4v) is 10.9. The van der Waals surface area contributed by atoms with Crippen LogP contribution in [0.1, 0.15) is 25.0 Å². The van der Waals surface area contributed by atoms with Gasteiger partial charge >= 0.3 is 0 Å². The van der Waals surface area contributed by atoms with Gasteiger partial charge in [-0.15, -0.1) is 0 Å². The van der Waals surface area contributed by atoms with E-state index in [4.69, 9.17) is 0 Å². The lowest BCUT2D eigenvalue weighted by atomic mass is 9.81. The Hall–Kier alpha value is -7.54. The third-order valence-electron chi connectivity index (χ3n) is 14.0. The van der Waals surface area contributed by atoms with Crippen LogP contribution in [-0.4, -0.2) is 0 Å². The van der Waals surface area contributed by atoms with E-state index in [9.17, 15) is 0 Å². The molecule has 0 saturated heterocycles. The normalized spacial score (nSPS) is 13.2. The molecule has 0 saturated carbocycles. The molecule has 0 fully saturated rings. The van der Waals surface area contributed by atoms with E-state index in [1.165, 1.54) is 131 Å². The highest BCUT2D eigenvalue weighted by Crippen LogP contribution is 2.50. The van der Waals surface area contributed by atoms with Crippen molar-refractivity contribution >= 4 is 75.4 Å². The third-order valence-corrected chi connectivity index (χ3v) is 14.0. The molecule has 0 aromatic heterocycles. The first kappa shape index (κ1) is 34.3. The summed E-state index contributed by atoms with van der Waals surface area (Å²) >= 11 is 0. The van der Waals surface area contributed by atoms with E-state index in [2.05, 4.69) is 220 Å². The van der Waals surface area contributed by atoms with E-state index >= 15 is 0 Å². The fraction of sp³-hybridized carbons (Fsp3) is 0.0492. The summed E-state index contributed by atoms with van der Waals surface area (Å²) in [6, 6.07) is 77.8. The van der Waals surface area contributed by atoms with Gasteiger partial charge in [-0.05, 0) is 167 Å². The molecule has 12 aromatic rings. The zero-order valence-electron chi connectivity index (χ0n) is 34.1. The van der Waals surface area contributed by atoms with Gasteiger partial charge in [-0.3, -0.25) is 0 Å². The summed E-state index contributed by atoms with van der Waals surface area (Å²) in [5.74, 6) is 0. The van der Waals surface area contributed by atoms with Crippen LogP contribution in [0.25, 0.3) is 120 Å². The van der Waals surface area contributed by atoms with Crippen molar-refractivity contribution in [3.05, 3.63) is 217 Å². The van der Waals surface area contributed by atoms with Crippen LogP contribution in [0.4, 0.5) is 0 Å². The first-order valence-electron chi connectivity index (χ1n) is 21.5. The smallest absolute Gasteiger partial charge is 0.0159 e. The Balaban J connectivity index is 1.07. The molecule has 0 heterocycles. The fourth-order valence-electron chi connectivity index (χ4n) is 10.9. The highest BCUT2D eigenvalue weighted by molar-refractivity contribution is 6.25. The van der Waals surface area contributed by atoms with E-state index in [0.717, 1.165) is 0 Å². The van der Waals surface area contributed by atoms with Crippen molar-refractivity contribution in [3.8, 4) is 44.5 Å². The van der Waals surface area contributed by atoms with Crippen LogP contribution in [0.5, 0.6) is 0 Å². The van der Waals surface area contributed by atoms with Gasteiger partial charge in [0.2, 0.25) is 0 Å². The average Bonchev–Trinajstić information content (AvgIpc) is 3.55. The lowest BCUT2D eigenvalue weighted by Gasteiger charge is -2.22. The second-order valence-corrected chi connectivity index (χ2v) is 17.6. The van der Waals surface area contributed by atoms with Gasteiger partial charge in [0, 0.05) is 5.41 Å². The minimum Gasteiger partial charge on any atom is -0.0619 e. The molecule has 0 heteroatoms. The van der Waals surface area contributed by atoms with Gasteiger partial charge < -0.3 is 0 Å². The zero-order chi connectivity index (χ0) is 40.4. The van der Waals surface area contributed by atoms with Crippen LogP contribution in [-0.2, 0) is 5.41 Å². The Labute approximate surface area is 355 Å². The predicted molar refractivity (Wildman–Crippen MR) is 263 cm³/mol. The minimum atomic E-state index is -0.0667. The Morgan fingerprint density at radius 1 is 0.230 bits per heavy atom. The van der Waals surface area contributed by atoms with Crippen LogP contribution in [0.3, 0.4) is 0 Å². The van der Waals surface area contributed by atoms with Crippen LogP contribution >= 0.6 is 0 Å². The lowest BCUT2D eigenvalue weighted by Crippen LogP contribution is -2.14. The Morgan fingerprint density at radius 3 is 1.34 bits per heavy atom. The molecular formula is C61H40. The molecule has 61 heavy (non-hydrogen) atoms. The van der Waals surface area contributed by atoms with Gasteiger partial charge in [-0.2, -0.15) is 0 Å². The molecule has 0 atom stereocenters. The maximum Gasteiger partial charge on any atom is 0.0159 e. The molecule has 284 valence electrons. The van der Waals surface area contributed by atoms with Crippen molar-refractivity contribution in [3.63, 3.8) is 0 Å². The van der Waals surface area contributed by atoms with Crippen LogP contribution < -0.4 is 0 Å². The van der Waals surface area contributed by atoms with Crippen LogP contribution in [0.2, 0.25) is 0 Å². The van der Waals surface area contributed by atoms with Gasteiger partial charge in [0.15, 0.2) is 0 Å². The van der Waals surface area contributed by atoms with E-state index in [1.807, 2.05) is 0 Å². The Bertz CT molecular complexity index is 3840. The number of hydrogen-bond donors (Lipinski definition) is 0. The number of benzene rings is 12. The van der Waals surface area contributed by atoms with Crippen molar-refractivity contribution in [1.82, 2.24) is 0 Å². The molecule has 0 nitrogen and oxygen atoms in total. The molecule has 0 N–H and O–H groups in total. The summed E-state index contributed by atoms with van der Waals surface area (Å²) in [6.07, 6.45) is 0. The van der Waals surface area contributed by atoms with Crippen molar-refractivity contribution in [2.24, 2.45) is 0 Å². The quantitative estimate of drug-likeness (QED) is 0.157. The molecule has 13 rings (SSSR count). The molecule has 0 unspecified atom stereocenters. The van der Waals surface area contributed by atoms with E-state index in [1.54, 1.807) is 0 Å². The molecule has 0 radical (unpaired) electrons. The van der Waals surface area contributed by atoms with Gasteiger partial charge in [-0.25, -0.2) is 0 Å². The second kappa shape index (κ2) is 12.7. The number of rotatable bonds is 3. The largest absolute Gasteiger partial charge is 0.0619 e. The monoisotopic (exact) mass is 772 g/mol. The average molecular weight is 773 g/mol. The SMILES string of the molecule is CC1(C)c2ccccc2-c2ccc(-c3ccc4c(c3)c(-c3ccc5c(ccc6ccccc65)c3)cc3c5ccccc5c(-c5ccc6c(ccc7ccccc76)c5)cc43)cc21. The Kier molecular flexibility index (Phi) is 7.17. The molecule has 0 spiro atoms. The topological polar surface area (TPSA) is 0 Å². The molecule has 0 aliphatic heterocycles. The summed E-state index contributed by atoms with van der Waals surface area (Å²) in [5.41, 5.74) is 12.9. The molecule has 12 aromatic carbocycles. The summed E-state index contributed by atoms with van der Waals surface area (Å²) in [6.45, 7) is 4.74. The van der Waals surface area contributed by atoms with Gasteiger partial charge in [0.05, 0.1) is 0 Å². The molecule has 0 bridgehead atoms. The van der Waals surface area contributed by atoms with Crippen LogP contribution in [0.15, 0.2) is 206 Å². The summed E-state index contributed by atoms with van der Waals surface area (Å²) in [5, 5.41) is 17.8. The highest BCUT2D eigenvalue weighted by atomic mass is 14.4. The van der Waals surface area contributed by atoms with E-state index < -0.39 is 0 Å². The highest BCUT2D eigenvalue weighted by Gasteiger charge is 2.35. The van der Waals surface area contributed by atoms with Gasteiger partial charge in [-0.1, -0.05) is 184 Å². The second-order valence-electron chi connectivity index (χ2n) is 17.6. The summed E-state index contributed by atoms with van der Waals surface area (Å²) in [7, 11) is 0. The zero-order valence-corrected chi connectivity index (χ0v) is 34.1. The first-order chi connectivity index (χ1) is 30.0. The van der Waals surface area contributed by atoms with Gasteiger partial charge in [0.1, 0.15) is 0 Å². The standard InChI is InChI=1S/C61H40/c1-61(2)59-18-10-9-17-52(59)53-30-24-40(34-60(53)61)39-23-29-51-56(33-39)55(44-26-28-48-42(32-44)22-20-38-12-4-6-14-46(38)48)36-57-50-16-8-7-15-49(50)54(35-58(51)57)43-25-27-47-41(31-43)21-19-37-11-3-5-13-45(37)47/h3-36H,1-2H3. The predicted octanol–water partition coefficient (Wildman–Crippen LogP) is 17.1. The maximum atomic E-state index is 2.48. The van der Waals surface area contributed by atoms with Crippen molar-refractivity contribution in [1.29, 1.82) is 0 Å². The van der Waals surface area contributed by atoms with E-state index in [-0.39, 0.29) is 5.41 Å². The van der Waals surface area contributed by atoms with Crippen molar-refractivity contribution in [2.45, 2.75) is 19.3 Å². The van der Waals surface area contributed by atoms with Crippen LogP contribution in [0, 0.1) is 0 Å². The van der Waals surface area contributed by atoms with Crippen molar-refractivity contribution in [2.75, 3.05) is 0 Å².